The van der Waals surface area contributed by atoms with Crippen molar-refractivity contribution in [3.63, 3.8) is 0 Å². The maximum atomic E-state index is 14.2. The van der Waals surface area contributed by atoms with Crippen LogP contribution < -0.4 is 24.5 Å². The molecular formula is C29H29BrN4O7S. The van der Waals surface area contributed by atoms with Gasteiger partial charge < -0.3 is 19.1 Å². The van der Waals surface area contributed by atoms with Crippen molar-refractivity contribution in [2.75, 3.05) is 38.3 Å². The highest BCUT2D eigenvalue weighted by atomic mass is 79.9. The number of anilines is 1. The number of nitro groups is 1. The zero-order valence-corrected chi connectivity index (χ0v) is 25.9. The normalized spacial score (nSPS) is 17.2. The number of nitrogens with zero attached hydrogens (tertiary/aromatic N) is 4. The molecule has 11 nitrogen and oxygen atoms in total. The molecule has 0 aliphatic carbocycles. The number of methoxy groups -OCH3 is 1. The minimum Gasteiger partial charge on any atom is -0.496 e. The molecule has 220 valence electrons. The van der Waals surface area contributed by atoms with E-state index in [0.717, 1.165) is 21.5 Å². The van der Waals surface area contributed by atoms with E-state index < -0.39 is 22.5 Å². The van der Waals surface area contributed by atoms with Gasteiger partial charge in [-0.3, -0.25) is 19.5 Å². The number of thiazole rings is 1. The number of aromatic nitrogens is 1. The van der Waals surface area contributed by atoms with Crippen LogP contribution in [0.4, 0.5) is 11.4 Å². The quantitative estimate of drug-likeness (QED) is 0.214. The van der Waals surface area contributed by atoms with Gasteiger partial charge in [0.05, 0.1) is 47.2 Å². The van der Waals surface area contributed by atoms with Gasteiger partial charge in [0.25, 0.3) is 11.2 Å². The Kier molecular flexibility index (Phi) is 8.62. The van der Waals surface area contributed by atoms with Crippen LogP contribution >= 0.6 is 27.3 Å². The van der Waals surface area contributed by atoms with Gasteiger partial charge >= 0.3 is 5.97 Å². The molecule has 2 aliphatic heterocycles. The molecule has 2 aromatic carbocycles. The molecule has 1 fully saturated rings. The van der Waals surface area contributed by atoms with Crippen molar-refractivity contribution < 1.29 is 23.9 Å². The predicted molar refractivity (Wildman–Crippen MR) is 162 cm³/mol. The number of carbonyl (C=O) groups excluding carboxylic acids is 1. The Morgan fingerprint density at radius 2 is 1.98 bits per heavy atom. The van der Waals surface area contributed by atoms with E-state index in [1.807, 2.05) is 6.07 Å². The number of morpholine rings is 1. The van der Waals surface area contributed by atoms with Crippen LogP contribution in [-0.2, 0) is 14.3 Å². The Labute approximate surface area is 253 Å². The van der Waals surface area contributed by atoms with Gasteiger partial charge in [0.15, 0.2) is 4.80 Å². The molecule has 5 rings (SSSR count). The lowest BCUT2D eigenvalue weighted by Gasteiger charge is -2.30. The molecule has 1 atom stereocenters. The number of halogens is 1. The van der Waals surface area contributed by atoms with E-state index in [-0.39, 0.29) is 17.4 Å². The topological polar surface area (TPSA) is 126 Å². The van der Waals surface area contributed by atoms with Crippen molar-refractivity contribution >= 4 is 50.7 Å². The molecule has 0 unspecified atom stereocenters. The summed E-state index contributed by atoms with van der Waals surface area (Å²) in [7, 11) is 1.52. The number of non-ortho nitro benzene ring substituents is 1. The molecule has 1 saturated heterocycles. The molecule has 13 heteroatoms. The number of rotatable bonds is 7. The van der Waals surface area contributed by atoms with Gasteiger partial charge in [-0.2, -0.15) is 0 Å². The Bertz CT molecular complexity index is 1770. The number of benzene rings is 2. The van der Waals surface area contributed by atoms with Crippen molar-refractivity contribution in [3.8, 4) is 5.75 Å². The lowest BCUT2D eigenvalue weighted by Crippen LogP contribution is -2.40. The zero-order valence-electron chi connectivity index (χ0n) is 23.5. The summed E-state index contributed by atoms with van der Waals surface area (Å²) in [4.78, 5) is 45.9. The Morgan fingerprint density at radius 1 is 1.24 bits per heavy atom. The third-order valence-electron chi connectivity index (χ3n) is 6.93. The zero-order chi connectivity index (χ0) is 30.1. The smallest absolute Gasteiger partial charge is 0.338 e. The van der Waals surface area contributed by atoms with Crippen LogP contribution in [0.2, 0.25) is 0 Å². The minimum absolute atomic E-state index is 0.0858. The van der Waals surface area contributed by atoms with Crippen molar-refractivity contribution in [3.05, 3.63) is 93.1 Å². The standard InChI is InChI=1S/C29H29BrN4O7S/c1-16(2)41-28(36)25-17(3)31-29-33(26(25)21-15-19(30)5-8-23(21)39-4)27(35)24(42-29)14-18-13-20(34(37)38)6-7-22(18)32-9-11-40-12-10-32/h5-8,13-16,26H,9-12H2,1-4H3/b24-14-/t26-/m1/s1. The first kappa shape index (κ1) is 29.7. The Hall–Kier alpha value is -3.81. The Balaban J connectivity index is 1.75. The second-order valence-corrected chi connectivity index (χ2v) is 11.9. The first-order valence-corrected chi connectivity index (χ1v) is 14.9. The van der Waals surface area contributed by atoms with Crippen molar-refractivity contribution in [1.29, 1.82) is 0 Å². The fourth-order valence-electron chi connectivity index (χ4n) is 5.08. The molecule has 0 radical (unpaired) electrons. The monoisotopic (exact) mass is 656 g/mol. The van der Waals surface area contributed by atoms with E-state index in [1.165, 1.54) is 23.8 Å². The van der Waals surface area contributed by atoms with Crippen LogP contribution in [0.3, 0.4) is 0 Å². The molecular weight excluding hydrogens is 628 g/mol. The first-order chi connectivity index (χ1) is 20.1. The maximum absolute atomic E-state index is 14.2. The van der Waals surface area contributed by atoms with Gasteiger partial charge in [-0.1, -0.05) is 27.3 Å². The fraction of sp³-hybridized carbons (Fsp3) is 0.345. The maximum Gasteiger partial charge on any atom is 0.338 e. The molecule has 42 heavy (non-hydrogen) atoms. The largest absolute Gasteiger partial charge is 0.496 e. The molecule has 0 amide bonds. The lowest BCUT2D eigenvalue weighted by molar-refractivity contribution is -0.384. The van der Waals surface area contributed by atoms with Crippen LogP contribution in [0.25, 0.3) is 6.08 Å². The fourth-order valence-corrected chi connectivity index (χ4v) is 6.49. The highest BCUT2D eigenvalue weighted by Crippen LogP contribution is 2.37. The summed E-state index contributed by atoms with van der Waals surface area (Å²) in [6.07, 6.45) is 1.27. The number of fused-ring (bicyclic) bond motifs is 1. The molecule has 3 aromatic rings. The van der Waals surface area contributed by atoms with E-state index in [2.05, 4.69) is 25.8 Å². The number of nitro benzene ring substituents is 1. The third kappa shape index (κ3) is 5.76. The second-order valence-electron chi connectivity index (χ2n) is 10.0. The molecule has 0 saturated carbocycles. The first-order valence-electron chi connectivity index (χ1n) is 13.3. The summed E-state index contributed by atoms with van der Waals surface area (Å²) in [5.41, 5.74) is 2.03. The third-order valence-corrected chi connectivity index (χ3v) is 8.41. The van der Waals surface area contributed by atoms with Gasteiger partial charge in [-0.15, -0.1) is 0 Å². The van der Waals surface area contributed by atoms with Gasteiger partial charge in [-0.05, 0) is 51.1 Å². The van der Waals surface area contributed by atoms with Crippen molar-refractivity contribution in [1.82, 2.24) is 4.57 Å². The second kappa shape index (κ2) is 12.2. The molecule has 1 aromatic heterocycles. The summed E-state index contributed by atoms with van der Waals surface area (Å²) in [6, 6.07) is 9.11. The summed E-state index contributed by atoms with van der Waals surface area (Å²) in [5.74, 6) is -0.100. The van der Waals surface area contributed by atoms with E-state index in [4.69, 9.17) is 14.2 Å². The average Bonchev–Trinajstić information content (AvgIpc) is 3.26. The molecule has 0 spiro atoms. The van der Waals surface area contributed by atoms with Crippen LogP contribution in [0.1, 0.15) is 37.9 Å². The summed E-state index contributed by atoms with van der Waals surface area (Å²) >= 11 is 4.66. The van der Waals surface area contributed by atoms with Crippen molar-refractivity contribution in [2.45, 2.75) is 32.9 Å². The van der Waals surface area contributed by atoms with E-state index >= 15 is 0 Å². The van der Waals surface area contributed by atoms with E-state index in [1.54, 1.807) is 45.0 Å². The van der Waals surface area contributed by atoms with Crippen LogP contribution in [0.5, 0.6) is 5.75 Å². The number of allylic oxidation sites excluding steroid dienone is 1. The summed E-state index contributed by atoms with van der Waals surface area (Å²) in [5, 5.41) is 11.6. The lowest BCUT2D eigenvalue weighted by atomic mass is 9.95. The minimum atomic E-state index is -0.883. The predicted octanol–water partition coefficient (Wildman–Crippen LogP) is 3.70. The molecule has 2 aliphatic rings. The number of carbonyl (C=O) groups is 1. The SMILES string of the molecule is COc1ccc(Br)cc1[C@@H]1C(C(=O)OC(C)C)=C(C)N=c2s/c(=C\c3cc([N+](=O)[O-])ccc3N3CCOCC3)c(=O)n21. The van der Waals surface area contributed by atoms with Crippen LogP contribution in [0, 0.1) is 10.1 Å². The van der Waals surface area contributed by atoms with E-state index in [9.17, 15) is 19.7 Å². The molecule has 0 bridgehead atoms. The van der Waals surface area contributed by atoms with Crippen LogP contribution in [-0.4, -0.2) is 55.0 Å². The summed E-state index contributed by atoms with van der Waals surface area (Å²) in [6.45, 7) is 7.50. The highest BCUT2D eigenvalue weighted by Gasteiger charge is 2.35. The number of hydrogen-bond acceptors (Lipinski definition) is 10. The van der Waals surface area contributed by atoms with Gasteiger partial charge in [0.2, 0.25) is 0 Å². The van der Waals surface area contributed by atoms with Gasteiger partial charge in [-0.25, -0.2) is 9.79 Å². The van der Waals surface area contributed by atoms with E-state index in [0.29, 0.717) is 58.2 Å². The highest BCUT2D eigenvalue weighted by molar-refractivity contribution is 9.10. The van der Waals surface area contributed by atoms with Gasteiger partial charge in [0.1, 0.15) is 11.8 Å². The molecule has 0 N–H and O–H groups in total. The van der Waals surface area contributed by atoms with Crippen LogP contribution in [0.15, 0.2) is 61.9 Å². The number of ether oxygens (including phenoxy) is 3. The van der Waals surface area contributed by atoms with Gasteiger partial charge in [0, 0.05) is 46.5 Å². The summed E-state index contributed by atoms with van der Waals surface area (Å²) < 4.78 is 19.2. The Morgan fingerprint density at radius 3 is 2.64 bits per heavy atom. The number of esters is 1. The average molecular weight is 658 g/mol. The van der Waals surface area contributed by atoms with Crippen molar-refractivity contribution in [2.24, 2.45) is 4.99 Å². The molecule has 3 heterocycles. The number of hydrogen-bond donors (Lipinski definition) is 0.